The molecule has 62 heavy (non-hydrogen) atoms. The van der Waals surface area contributed by atoms with Crippen molar-refractivity contribution in [1.82, 2.24) is 0 Å². The lowest BCUT2D eigenvalue weighted by Crippen LogP contribution is -2.15. The second kappa shape index (κ2) is 19.8. The molecular formula is C32H31N9O17S4. The predicted octanol–water partition coefficient (Wildman–Crippen LogP) is 4.80. The van der Waals surface area contributed by atoms with Gasteiger partial charge in [-0.25, -0.2) is 34.8 Å². The zero-order valence-electron chi connectivity index (χ0n) is 31.0. The molecule has 4 rings (SSSR count). The quantitative estimate of drug-likeness (QED) is 0.0194. The molecule has 4 aromatic rings. The molecular weight excluding hydrogens is 911 g/mol. The summed E-state index contributed by atoms with van der Waals surface area (Å²) in [5.74, 6) is -4.90. The summed E-state index contributed by atoms with van der Waals surface area (Å²) in [5, 5.41) is 50.9. The Morgan fingerprint density at radius 2 is 1.05 bits per heavy atom. The van der Waals surface area contributed by atoms with Gasteiger partial charge in [0.1, 0.15) is 34.9 Å². The van der Waals surface area contributed by atoms with Crippen molar-refractivity contribution < 1.29 is 75.7 Å². The third-order valence-corrected chi connectivity index (χ3v) is 12.0. The molecule has 30 heteroatoms. The topological polar surface area (TPSA) is 429 Å². The number of benzene rings is 4. The number of nitrogen functional groups attached to an aromatic ring is 2. The molecule has 9 N–H and O–H groups in total. The van der Waals surface area contributed by atoms with Gasteiger partial charge in [0.25, 0.3) is 0 Å². The van der Waals surface area contributed by atoms with Gasteiger partial charge in [0.2, 0.25) is 0 Å². The third-order valence-electron chi connectivity index (χ3n) is 7.68. The minimum absolute atomic E-state index is 0.0385. The maximum Gasteiger partial charge on any atom is 0.397 e. The van der Waals surface area contributed by atoms with Crippen LogP contribution in [0.15, 0.2) is 107 Å². The second-order valence-electron chi connectivity index (χ2n) is 11.9. The zero-order chi connectivity index (χ0) is 46.0. The van der Waals surface area contributed by atoms with Gasteiger partial charge in [-0.1, -0.05) is 6.07 Å². The van der Waals surface area contributed by atoms with Crippen molar-refractivity contribution in [2.45, 2.75) is 16.4 Å². The molecule has 0 fully saturated rings. The fourth-order valence-electron chi connectivity index (χ4n) is 4.83. The van der Waals surface area contributed by atoms with Gasteiger partial charge in [0.15, 0.2) is 26.1 Å². The third kappa shape index (κ3) is 13.2. The van der Waals surface area contributed by atoms with Gasteiger partial charge in [-0.05, 0) is 66.2 Å². The first-order chi connectivity index (χ1) is 28.9. The molecule has 0 aliphatic rings. The standard InChI is InChI=1S/C32H31N9O17S4/c33-17-56-16-18-1-10-24(23(15-18)31(42)43)38-40-29-25(32(44)45)28(39-36-19-2-6-21(7-3-19)59(46,47)13-11-57-61(50,51)52)26(34)30(27(29)35)41-37-20-4-8-22(9-5-20)60(48,49)14-12-58-62(53,54)55/h1-10,15,17,33H,11-14,16,34-35H2,(H,42,43)(H,44,45)(H,50,51,52)(H,53,54,55). The van der Waals surface area contributed by atoms with Gasteiger partial charge in [0.05, 0.1) is 62.8 Å². The highest BCUT2D eigenvalue weighted by molar-refractivity contribution is 7.91. The number of nitrogens with two attached hydrogens (primary N) is 2. The number of carbonyl (C=O) groups is 2. The maximum absolute atomic E-state index is 12.8. The number of hydrogen-bond acceptors (Lipinski definition) is 22. The lowest BCUT2D eigenvalue weighted by molar-refractivity contribution is 0.0686. The first kappa shape index (κ1) is 48.0. The first-order valence-corrected chi connectivity index (χ1v) is 22.6. The molecule has 0 unspecified atom stereocenters. The lowest BCUT2D eigenvalue weighted by atomic mass is 10.1. The highest BCUT2D eigenvalue weighted by atomic mass is 32.3. The van der Waals surface area contributed by atoms with Gasteiger partial charge >= 0.3 is 32.7 Å². The average molecular weight is 942 g/mol. The summed E-state index contributed by atoms with van der Waals surface area (Å²) in [6.45, 7) is -1.96. The van der Waals surface area contributed by atoms with E-state index in [0.29, 0.717) is 12.0 Å². The number of carboxylic acid groups (broad SMARTS) is 2. The van der Waals surface area contributed by atoms with Crippen molar-refractivity contribution in [2.75, 3.05) is 36.2 Å². The molecule has 0 atom stereocenters. The fourth-order valence-corrected chi connectivity index (χ4v) is 7.81. The van der Waals surface area contributed by atoms with E-state index < -0.39 is 117 Å². The van der Waals surface area contributed by atoms with Crippen molar-refractivity contribution in [3.05, 3.63) is 83.4 Å². The predicted molar refractivity (Wildman–Crippen MR) is 214 cm³/mol. The van der Waals surface area contributed by atoms with E-state index in [1.807, 2.05) is 0 Å². The number of anilines is 2. The van der Waals surface area contributed by atoms with Crippen LogP contribution in [0.3, 0.4) is 0 Å². The Bertz CT molecular complexity index is 2930. The summed E-state index contributed by atoms with van der Waals surface area (Å²) in [6, 6.07) is 12.6. The average Bonchev–Trinajstić information content (AvgIpc) is 3.18. The van der Waals surface area contributed by atoms with E-state index in [9.17, 15) is 53.5 Å². The van der Waals surface area contributed by atoms with Crippen LogP contribution in [0, 0.1) is 5.41 Å². The monoisotopic (exact) mass is 941 g/mol. The van der Waals surface area contributed by atoms with Crippen LogP contribution < -0.4 is 11.5 Å². The highest BCUT2D eigenvalue weighted by Crippen LogP contribution is 2.49. The van der Waals surface area contributed by atoms with Crippen molar-refractivity contribution in [3.8, 4) is 0 Å². The molecule has 0 aliphatic carbocycles. The van der Waals surface area contributed by atoms with Gasteiger partial charge in [-0.15, -0.1) is 20.5 Å². The van der Waals surface area contributed by atoms with Crippen LogP contribution in [-0.4, -0.2) is 96.0 Å². The normalized spacial score (nSPS) is 12.6. The summed E-state index contributed by atoms with van der Waals surface area (Å²) in [5.41, 5.74) is 8.36. The number of ether oxygens (including phenoxy) is 1. The SMILES string of the molecule is N=COCc1ccc(N=Nc2c(N)c(N=Nc3ccc(S(=O)(=O)CCOS(=O)(=O)O)cc3)c(N)c(N=Nc3ccc(S(=O)(=O)CCOS(=O)(=O)O)cc3)c2C(=O)O)c(C(=O)O)c1. The fraction of sp³-hybridized carbons (Fsp3) is 0.156. The number of azo groups is 3. The van der Waals surface area contributed by atoms with Crippen molar-refractivity contribution in [2.24, 2.45) is 30.7 Å². The summed E-state index contributed by atoms with van der Waals surface area (Å²) in [7, 11) is -18.1. The summed E-state index contributed by atoms with van der Waals surface area (Å²) in [6.07, 6.45) is 0.639. The zero-order valence-corrected chi connectivity index (χ0v) is 34.3. The molecule has 0 heterocycles. The number of rotatable bonds is 21. The van der Waals surface area contributed by atoms with E-state index in [2.05, 4.69) is 39.1 Å². The molecule has 4 aromatic carbocycles. The lowest BCUT2D eigenvalue weighted by Gasteiger charge is -2.13. The first-order valence-electron chi connectivity index (χ1n) is 16.5. The summed E-state index contributed by atoms with van der Waals surface area (Å²) < 4.78 is 124. The van der Waals surface area contributed by atoms with Gasteiger partial charge < -0.3 is 26.4 Å². The van der Waals surface area contributed by atoms with E-state index in [4.69, 9.17) is 30.7 Å². The Morgan fingerprint density at radius 3 is 1.45 bits per heavy atom. The molecule has 0 spiro atoms. The van der Waals surface area contributed by atoms with Crippen LogP contribution in [0.2, 0.25) is 0 Å². The minimum Gasteiger partial charge on any atom is -0.479 e. The van der Waals surface area contributed by atoms with E-state index in [1.54, 1.807) is 0 Å². The number of carboxylic acids is 2. The number of aromatic carboxylic acids is 2. The Labute approximate surface area is 350 Å². The van der Waals surface area contributed by atoms with Crippen LogP contribution in [0.4, 0.5) is 45.5 Å². The molecule has 0 saturated heterocycles. The van der Waals surface area contributed by atoms with E-state index in [1.165, 1.54) is 12.1 Å². The Balaban J connectivity index is 1.82. The van der Waals surface area contributed by atoms with Crippen LogP contribution in [-0.2, 0) is 60.2 Å². The van der Waals surface area contributed by atoms with Gasteiger partial charge in [0, 0.05) is 0 Å². The molecule has 0 aliphatic heterocycles. The number of nitrogens with zero attached hydrogens (tertiary/aromatic N) is 6. The largest absolute Gasteiger partial charge is 0.479 e. The van der Waals surface area contributed by atoms with Gasteiger partial charge in [-0.2, -0.15) is 27.1 Å². The molecule has 0 radical (unpaired) electrons. The Morgan fingerprint density at radius 1 is 0.613 bits per heavy atom. The molecule has 0 amide bonds. The molecule has 0 saturated carbocycles. The molecule has 0 aromatic heterocycles. The van der Waals surface area contributed by atoms with Crippen LogP contribution >= 0.6 is 0 Å². The minimum atomic E-state index is -4.90. The van der Waals surface area contributed by atoms with E-state index in [0.717, 1.165) is 54.6 Å². The molecule has 330 valence electrons. The van der Waals surface area contributed by atoms with Crippen LogP contribution in [0.25, 0.3) is 0 Å². The number of sulfone groups is 2. The molecule has 26 nitrogen and oxygen atoms in total. The smallest absolute Gasteiger partial charge is 0.397 e. The number of nitrogens with one attached hydrogen (secondary N) is 1. The van der Waals surface area contributed by atoms with Gasteiger partial charge in [-0.3, -0.25) is 14.5 Å². The highest BCUT2D eigenvalue weighted by Gasteiger charge is 2.27. The maximum atomic E-state index is 12.8. The number of hydrogen-bond donors (Lipinski definition) is 7. The summed E-state index contributed by atoms with van der Waals surface area (Å²) in [4.78, 5) is 24.2. The van der Waals surface area contributed by atoms with Crippen molar-refractivity contribution >= 4 is 104 Å². The van der Waals surface area contributed by atoms with Crippen molar-refractivity contribution in [3.63, 3.8) is 0 Å². The van der Waals surface area contributed by atoms with E-state index >= 15 is 0 Å². The van der Waals surface area contributed by atoms with Crippen LogP contribution in [0.1, 0.15) is 26.3 Å². The second-order valence-corrected chi connectivity index (χ2v) is 18.3. The van der Waals surface area contributed by atoms with Crippen LogP contribution in [0.5, 0.6) is 0 Å². The summed E-state index contributed by atoms with van der Waals surface area (Å²) >= 11 is 0. The van der Waals surface area contributed by atoms with Crippen molar-refractivity contribution in [1.29, 1.82) is 5.41 Å². The Kier molecular flexibility index (Phi) is 15.3. The Hall–Kier alpha value is -6.67. The molecule has 0 bridgehead atoms. The van der Waals surface area contributed by atoms with E-state index in [-0.39, 0.29) is 33.5 Å².